The Morgan fingerprint density at radius 3 is 3.08 bits per heavy atom. The van der Waals surface area contributed by atoms with Crippen LogP contribution in [0.5, 0.6) is 0 Å². The van der Waals surface area contributed by atoms with Gasteiger partial charge in [0.2, 0.25) is 0 Å². The van der Waals surface area contributed by atoms with E-state index in [1.807, 2.05) is 13.0 Å². The van der Waals surface area contributed by atoms with Gasteiger partial charge < -0.3 is 5.73 Å². The normalized spacial score (nSPS) is 8.75. The van der Waals surface area contributed by atoms with Gasteiger partial charge in [0, 0.05) is 24.5 Å². The molecule has 1 heterocycles. The highest BCUT2D eigenvalue weighted by Gasteiger charge is 1.95. The summed E-state index contributed by atoms with van der Waals surface area (Å²) >= 11 is 0. The third-order valence-electron chi connectivity index (χ3n) is 1.64. The molecule has 0 aliphatic rings. The van der Waals surface area contributed by atoms with E-state index in [-0.39, 0.29) is 0 Å². The summed E-state index contributed by atoms with van der Waals surface area (Å²) in [5.41, 5.74) is 7.61. The van der Waals surface area contributed by atoms with E-state index in [2.05, 4.69) is 16.8 Å². The molecule has 0 aromatic carbocycles. The van der Waals surface area contributed by atoms with Gasteiger partial charge >= 0.3 is 0 Å². The summed E-state index contributed by atoms with van der Waals surface area (Å²) in [6.07, 6.45) is 5.24. The van der Waals surface area contributed by atoms with E-state index < -0.39 is 0 Å². The SMILES string of the molecule is CC#CCCc1cnccc1N. The molecule has 0 bridgehead atoms. The zero-order chi connectivity index (χ0) is 8.81. The van der Waals surface area contributed by atoms with Crippen molar-refractivity contribution in [3.8, 4) is 11.8 Å². The minimum Gasteiger partial charge on any atom is -0.398 e. The Labute approximate surface area is 72.8 Å². The molecule has 12 heavy (non-hydrogen) atoms. The number of hydrogen-bond donors (Lipinski definition) is 1. The molecule has 2 heteroatoms. The summed E-state index contributed by atoms with van der Waals surface area (Å²) in [5, 5.41) is 0. The van der Waals surface area contributed by atoms with Crippen molar-refractivity contribution in [3.63, 3.8) is 0 Å². The van der Waals surface area contributed by atoms with Gasteiger partial charge in [-0.1, -0.05) is 0 Å². The highest BCUT2D eigenvalue weighted by atomic mass is 14.7. The Morgan fingerprint density at radius 2 is 2.42 bits per heavy atom. The summed E-state index contributed by atoms with van der Waals surface area (Å²) < 4.78 is 0. The molecular formula is C10H12N2. The third-order valence-corrected chi connectivity index (χ3v) is 1.64. The molecule has 0 aliphatic heterocycles. The van der Waals surface area contributed by atoms with Crippen molar-refractivity contribution < 1.29 is 0 Å². The molecule has 0 atom stereocenters. The minimum absolute atomic E-state index is 0.808. The zero-order valence-electron chi connectivity index (χ0n) is 7.17. The van der Waals surface area contributed by atoms with E-state index in [0.717, 1.165) is 24.1 Å². The first-order valence-corrected chi connectivity index (χ1v) is 3.92. The van der Waals surface area contributed by atoms with Crippen LogP contribution in [0.25, 0.3) is 0 Å². The smallest absolute Gasteiger partial charge is 0.0377 e. The third kappa shape index (κ3) is 2.28. The number of aromatic nitrogens is 1. The van der Waals surface area contributed by atoms with Crippen molar-refractivity contribution >= 4 is 5.69 Å². The molecule has 0 saturated carbocycles. The molecule has 62 valence electrons. The van der Waals surface area contributed by atoms with Gasteiger partial charge in [0.15, 0.2) is 0 Å². The average Bonchev–Trinajstić information content (AvgIpc) is 2.09. The van der Waals surface area contributed by atoms with E-state index in [1.54, 1.807) is 12.4 Å². The lowest BCUT2D eigenvalue weighted by Crippen LogP contribution is -1.94. The van der Waals surface area contributed by atoms with Gasteiger partial charge in [0.25, 0.3) is 0 Å². The quantitative estimate of drug-likeness (QED) is 0.668. The second-order valence-corrected chi connectivity index (χ2v) is 2.50. The van der Waals surface area contributed by atoms with Crippen LogP contribution < -0.4 is 5.73 Å². The van der Waals surface area contributed by atoms with Crippen molar-refractivity contribution in [2.75, 3.05) is 5.73 Å². The standard InChI is InChI=1S/C10H12N2/c1-2-3-4-5-9-8-12-7-6-10(9)11/h6-8H,4-5H2,1H3,(H2,11,12). The van der Waals surface area contributed by atoms with Crippen LogP contribution in [0.3, 0.4) is 0 Å². The summed E-state index contributed by atoms with van der Waals surface area (Å²) in [4.78, 5) is 4.00. The highest BCUT2D eigenvalue weighted by Crippen LogP contribution is 2.10. The number of rotatable bonds is 2. The summed E-state index contributed by atoms with van der Waals surface area (Å²) in [6.45, 7) is 1.84. The summed E-state index contributed by atoms with van der Waals surface area (Å²) in [6, 6.07) is 1.81. The molecule has 1 rings (SSSR count). The van der Waals surface area contributed by atoms with Crippen molar-refractivity contribution in [1.82, 2.24) is 4.98 Å². The van der Waals surface area contributed by atoms with E-state index in [1.165, 1.54) is 0 Å². The van der Waals surface area contributed by atoms with Crippen LogP contribution >= 0.6 is 0 Å². The predicted octanol–water partition coefficient (Wildman–Crippen LogP) is 1.62. The monoisotopic (exact) mass is 160 g/mol. The Bertz CT molecular complexity index is 307. The van der Waals surface area contributed by atoms with E-state index in [4.69, 9.17) is 5.73 Å². The predicted molar refractivity (Wildman–Crippen MR) is 50.4 cm³/mol. The van der Waals surface area contributed by atoms with Crippen LogP contribution in [0.15, 0.2) is 18.5 Å². The van der Waals surface area contributed by atoms with Crippen molar-refractivity contribution in [3.05, 3.63) is 24.0 Å². The number of pyridine rings is 1. The molecule has 0 saturated heterocycles. The van der Waals surface area contributed by atoms with Gasteiger partial charge in [0.05, 0.1) is 0 Å². The van der Waals surface area contributed by atoms with Gasteiger partial charge in [-0.2, -0.15) is 0 Å². The number of aryl methyl sites for hydroxylation is 1. The molecular weight excluding hydrogens is 148 g/mol. The van der Waals surface area contributed by atoms with Crippen LogP contribution in [-0.4, -0.2) is 4.98 Å². The lowest BCUT2D eigenvalue weighted by Gasteiger charge is -2.00. The molecule has 1 aromatic heterocycles. The first-order chi connectivity index (χ1) is 5.84. The van der Waals surface area contributed by atoms with Crippen molar-refractivity contribution in [2.45, 2.75) is 19.8 Å². The molecule has 2 N–H and O–H groups in total. The molecule has 0 fully saturated rings. The second kappa shape index (κ2) is 4.40. The number of nitrogens with zero attached hydrogens (tertiary/aromatic N) is 1. The fourth-order valence-electron chi connectivity index (χ4n) is 0.969. The maximum absolute atomic E-state index is 5.71. The highest BCUT2D eigenvalue weighted by molar-refractivity contribution is 5.44. The number of nitrogens with two attached hydrogens (primary N) is 1. The Balaban J connectivity index is 2.61. The number of anilines is 1. The molecule has 0 spiro atoms. The van der Waals surface area contributed by atoms with Crippen LogP contribution in [0, 0.1) is 11.8 Å². The first-order valence-electron chi connectivity index (χ1n) is 3.92. The fraction of sp³-hybridized carbons (Fsp3) is 0.300. The van der Waals surface area contributed by atoms with Gasteiger partial charge in [-0.3, -0.25) is 4.98 Å². The minimum atomic E-state index is 0.808. The van der Waals surface area contributed by atoms with Gasteiger partial charge in [-0.15, -0.1) is 11.8 Å². The van der Waals surface area contributed by atoms with Gasteiger partial charge in [-0.05, 0) is 25.0 Å². The Kier molecular flexibility index (Phi) is 3.16. The topological polar surface area (TPSA) is 38.9 Å². The van der Waals surface area contributed by atoms with Gasteiger partial charge in [-0.25, -0.2) is 0 Å². The molecule has 0 amide bonds. The second-order valence-electron chi connectivity index (χ2n) is 2.50. The maximum Gasteiger partial charge on any atom is 0.0377 e. The van der Waals surface area contributed by atoms with E-state index in [9.17, 15) is 0 Å². The van der Waals surface area contributed by atoms with E-state index in [0.29, 0.717) is 0 Å². The molecule has 0 radical (unpaired) electrons. The first kappa shape index (κ1) is 8.61. The van der Waals surface area contributed by atoms with Crippen LogP contribution in [0.1, 0.15) is 18.9 Å². The largest absolute Gasteiger partial charge is 0.398 e. The summed E-state index contributed by atoms with van der Waals surface area (Å²) in [7, 11) is 0. The number of nitrogen functional groups attached to an aromatic ring is 1. The maximum atomic E-state index is 5.71. The average molecular weight is 160 g/mol. The van der Waals surface area contributed by atoms with E-state index >= 15 is 0 Å². The Morgan fingerprint density at radius 1 is 1.58 bits per heavy atom. The Hall–Kier alpha value is -1.49. The zero-order valence-corrected chi connectivity index (χ0v) is 7.17. The molecule has 0 unspecified atom stereocenters. The van der Waals surface area contributed by atoms with Crippen molar-refractivity contribution in [1.29, 1.82) is 0 Å². The summed E-state index contributed by atoms with van der Waals surface area (Å²) in [5.74, 6) is 5.84. The van der Waals surface area contributed by atoms with Crippen LogP contribution in [0.2, 0.25) is 0 Å². The lowest BCUT2D eigenvalue weighted by atomic mass is 10.1. The lowest BCUT2D eigenvalue weighted by molar-refractivity contribution is 1.01. The van der Waals surface area contributed by atoms with Gasteiger partial charge in [0.1, 0.15) is 0 Å². The fourth-order valence-corrected chi connectivity index (χ4v) is 0.969. The molecule has 1 aromatic rings. The van der Waals surface area contributed by atoms with Crippen LogP contribution in [-0.2, 0) is 6.42 Å². The molecule has 0 aliphatic carbocycles. The number of hydrogen-bond acceptors (Lipinski definition) is 2. The molecule has 2 nitrogen and oxygen atoms in total. The van der Waals surface area contributed by atoms with Crippen LogP contribution in [0.4, 0.5) is 5.69 Å². The van der Waals surface area contributed by atoms with Crippen molar-refractivity contribution in [2.24, 2.45) is 0 Å².